The number of hydrogen-bond donors (Lipinski definition) is 1. The summed E-state index contributed by atoms with van der Waals surface area (Å²) in [4.78, 5) is 11.6. The number of amides is 1. The maximum absolute atomic E-state index is 11.6. The van der Waals surface area contributed by atoms with Crippen molar-refractivity contribution in [3.05, 3.63) is 33.4 Å². The van der Waals surface area contributed by atoms with Crippen LogP contribution in [-0.2, 0) is 0 Å². The van der Waals surface area contributed by atoms with E-state index >= 15 is 0 Å². The van der Waals surface area contributed by atoms with E-state index in [-0.39, 0.29) is 5.91 Å². The molecule has 0 heterocycles. The van der Waals surface area contributed by atoms with Crippen LogP contribution < -0.4 is 5.32 Å². The first kappa shape index (κ1) is 12.8. The van der Waals surface area contributed by atoms with Crippen LogP contribution in [0.3, 0.4) is 0 Å². The lowest BCUT2D eigenvalue weighted by Gasteiger charge is -2.04. The van der Waals surface area contributed by atoms with Crippen molar-refractivity contribution in [1.82, 2.24) is 5.32 Å². The van der Waals surface area contributed by atoms with E-state index in [9.17, 15) is 4.79 Å². The molecule has 4 heteroatoms. The zero-order valence-electron chi connectivity index (χ0n) is 8.30. The normalized spacial score (nSPS) is 10.0. The van der Waals surface area contributed by atoms with Gasteiger partial charge in [-0.3, -0.25) is 4.79 Å². The zero-order valence-corrected chi connectivity index (χ0v) is 11.2. The molecule has 0 atom stereocenters. The number of rotatable bonds is 5. The summed E-state index contributed by atoms with van der Waals surface area (Å²) in [5.74, 6) is 0.641. The molecular formula is C11H13ClINO. The highest BCUT2D eigenvalue weighted by Crippen LogP contribution is 2.07. The lowest BCUT2D eigenvalue weighted by molar-refractivity contribution is 0.0953. The molecule has 0 unspecified atom stereocenters. The third kappa shape index (κ3) is 4.84. The number of halogens is 2. The average Bonchev–Trinajstić information content (AvgIpc) is 2.24. The molecule has 0 aromatic heterocycles. The van der Waals surface area contributed by atoms with Crippen LogP contribution in [0.1, 0.15) is 23.2 Å². The molecule has 0 saturated carbocycles. The third-order valence-electron chi connectivity index (χ3n) is 1.93. The monoisotopic (exact) mass is 337 g/mol. The fourth-order valence-corrected chi connectivity index (χ4v) is 1.89. The molecule has 82 valence electrons. The van der Waals surface area contributed by atoms with E-state index in [0.717, 1.165) is 16.4 Å². The second-order valence-corrected chi connectivity index (χ2v) is 4.79. The number of hydrogen-bond acceptors (Lipinski definition) is 1. The van der Waals surface area contributed by atoms with E-state index in [1.165, 1.54) is 0 Å². The van der Waals surface area contributed by atoms with Crippen molar-refractivity contribution in [2.24, 2.45) is 0 Å². The van der Waals surface area contributed by atoms with Crippen molar-refractivity contribution in [2.45, 2.75) is 12.8 Å². The highest BCUT2D eigenvalue weighted by Gasteiger charge is 2.03. The van der Waals surface area contributed by atoms with E-state index in [1.807, 2.05) is 24.3 Å². The van der Waals surface area contributed by atoms with Crippen LogP contribution in [-0.4, -0.2) is 18.3 Å². The predicted molar refractivity (Wildman–Crippen MR) is 71.4 cm³/mol. The van der Waals surface area contributed by atoms with Crippen LogP contribution in [0.15, 0.2) is 24.3 Å². The largest absolute Gasteiger partial charge is 0.352 e. The summed E-state index contributed by atoms with van der Waals surface area (Å²) in [5.41, 5.74) is 0.716. The van der Waals surface area contributed by atoms with Gasteiger partial charge in [-0.25, -0.2) is 0 Å². The molecule has 1 aromatic rings. The summed E-state index contributed by atoms with van der Waals surface area (Å²) in [7, 11) is 0. The summed E-state index contributed by atoms with van der Waals surface area (Å²) in [6.07, 6.45) is 1.87. The van der Waals surface area contributed by atoms with Gasteiger partial charge in [0, 0.05) is 21.6 Å². The van der Waals surface area contributed by atoms with Gasteiger partial charge in [0.25, 0.3) is 5.91 Å². The van der Waals surface area contributed by atoms with E-state index in [1.54, 1.807) is 0 Å². The van der Waals surface area contributed by atoms with Crippen molar-refractivity contribution in [2.75, 3.05) is 12.4 Å². The molecule has 0 bridgehead atoms. The minimum Gasteiger partial charge on any atom is -0.352 e. The van der Waals surface area contributed by atoms with Crippen LogP contribution >= 0.6 is 34.2 Å². The van der Waals surface area contributed by atoms with E-state index in [0.29, 0.717) is 18.0 Å². The standard InChI is InChI=1S/C11H13ClINO/c12-6-1-2-7-14-11(15)9-4-3-5-10(13)8-9/h3-5,8H,1-2,6-7H2,(H,14,15). The molecule has 1 amide bonds. The van der Waals surface area contributed by atoms with Crippen molar-refractivity contribution < 1.29 is 4.79 Å². The van der Waals surface area contributed by atoms with E-state index in [4.69, 9.17) is 11.6 Å². The van der Waals surface area contributed by atoms with Gasteiger partial charge in [-0.05, 0) is 53.6 Å². The molecule has 0 radical (unpaired) electrons. The smallest absolute Gasteiger partial charge is 0.251 e. The van der Waals surface area contributed by atoms with Crippen molar-refractivity contribution in [3.8, 4) is 0 Å². The highest BCUT2D eigenvalue weighted by atomic mass is 127. The summed E-state index contributed by atoms with van der Waals surface area (Å²) in [6, 6.07) is 7.54. The van der Waals surface area contributed by atoms with Crippen LogP contribution in [0.5, 0.6) is 0 Å². The number of carbonyl (C=O) groups excluding carboxylic acids is 1. The van der Waals surface area contributed by atoms with Crippen molar-refractivity contribution in [3.63, 3.8) is 0 Å². The van der Waals surface area contributed by atoms with Gasteiger partial charge >= 0.3 is 0 Å². The fraction of sp³-hybridized carbons (Fsp3) is 0.364. The molecule has 1 N–H and O–H groups in total. The van der Waals surface area contributed by atoms with E-state index in [2.05, 4.69) is 27.9 Å². The Morgan fingerprint density at radius 3 is 2.87 bits per heavy atom. The Bertz CT molecular complexity index is 330. The molecule has 0 aliphatic carbocycles. The van der Waals surface area contributed by atoms with Crippen LogP contribution in [0.25, 0.3) is 0 Å². The summed E-state index contributed by atoms with van der Waals surface area (Å²) >= 11 is 7.73. The van der Waals surface area contributed by atoms with Crippen molar-refractivity contribution >= 4 is 40.1 Å². The average molecular weight is 338 g/mol. The lowest BCUT2D eigenvalue weighted by Crippen LogP contribution is -2.24. The SMILES string of the molecule is O=C(NCCCCCl)c1cccc(I)c1. The lowest BCUT2D eigenvalue weighted by atomic mass is 10.2. The molecular weight excluding hydrogens is 324 g/mol. The van der Waals surface area contributed by atoms with Gasteiger partial charge in [0.1, 0.15) is 0 Å². The van der Waals surface area contributed by atoms with Gasteiger partial charge in [0.05, 0.1) is 0 Å². The first-order chi connectivity index (χ1) is 7.24. The minimum absolute atomic E-state index is 0.0110. The molecule has 0 aliphatic heterocycles. The Morgan fingerprint density at radius 2 is 2.20 bits per heavy atom. The minimum atomic E-state index is -0.0110. The quantitative estimate of drug-likeness (QED) is 0.499. The maximum atomic E-state index is 11.6. The number of unbranched alkanes of at least 4 members (excludes halogenated alkanes) is 1. The molecule has 1 aromatic carbocycles. The van der Waals surface area contributed by atoms with Crippen molar-refractivity contribution in [1.29, 1.82) is 0 Å². The number of nitrogens with one attached hydrogen (secondary N) is 1. The second-order valence-electron chi connectivity index (χ2n) is 3.16. The van der Waals surface area contributed by atoms with E-state index < -0.39 is 0 Å². The van der Waals surface area contributed by atoms with Gasteiger partial charge in [-0.1, -0.05) is 6.07 Å². The second kappa shape index (κ2) is 7.06. The van der Waals surface area contributed by atoms with Gasteiger partial charge in [-0.15, -0.1) is 11.6 Å². The summed E-state index contributed by atoms with van der Waals surface area (Å²) in [5, 5.41) is 2.86. The summed E-state index contributed by atoms with van der Waals surface area (Å²) < 4.78 is 1.07. The zero-order chi connectivity index (χ0) is 11.1. The molecule has 0 aliphatic rings. The fourth-order valence-electron chi connectivity index (χ4n) is 1.15. The Hall–Kier alpha value is -0.290. The van der Waals surface area contributed by atoms with Crippen LogP contribution in [0, 0.1) is 3.57 Å². The third-order valence-corrected chi connectivity index (χ3v) is 2.87. The van der Waals surface area contributed by atoms with Gasteiger partial charge in [0.2, 0.25) is 0 Å². The first-order valence-electron chi connectivity index (χ1n) is 4.84. The Labute approximate surface area is 109 Å². The summed E-state index contributed by atoms with van der Waals surface area (Å²) in [6.45, 7) is 0.691. The molecule has 0 saturated heterocycles. The Balaban J connectivity index is 2.40. The Kier molecular flexibility index (Phi) is 6.02. The highest BCUT2D eigenvalue weighted by molar-refractivity contribution is 14.1. The molecule has 2 nitrogen and oxygen atoms in total. The van der Waals surface area contributed by atoms with Crippen LogP contribution in [0.2, 0.25) is 0 Å². The van der Waals surface area contributed by atoms with Gasteiger partial charge < -0.3 is 5.32 Å². The Morgan fingerprint density at radius 1 is 1.40 bits per heavy atom. The van der Waals surface area contributed by atoms with Gasteiger partial charge in [-0.2, -0.15) is 0 Å². The number of benzene rings is 1. The molecule has 1 rings (SSSR count). The molecule has 0 spiro atoms. The number of carbonyl (C=O) groups is 1. The maximum Gasteiger partial charge on any atom is 0.251 e. The molecule has 0 fully saturated rings. The number of alkyl halides is 1. The predicted octanol–water partition coefficient (Wildman–Crippen LogP) is 3.04. The topological polar surface area (TPSA) is 29.1 Å². The van der Waals surface area contributed by atoms with Gasteiger partial charge in [0.15, 0.2) is 0 Å². The first-order valence-corrected chi connectivity index (χ1v) is 6.45. The molecule has 15 heavy (non-hydrogen) atoms. The van der Waals surface area contributed by atoms with Crippen LogP contribution in [0.4, 0.5) is 0 Å².